The molecule has 0 spiro atoms. The van der Waals surface area contributed by atoms with Crippen molar-refractivity contribution >= 4 is 24.0 Å². The Morgan fingerprint density at radius 3 is 2.76 bits per heavy atom. The minimum Gasteiger partial charge on any atom is -0.348 e. The fourth-order valence-corrected chi connectivity index (χ4v) is 3.49. The molecule has 0 bridgehead atoms. The average Bonchev–Trinajstić information content (AvgIpc) is 2.61. The molecule has 3 rings (SSSR count). The van der Waals surface area contributed by atoms with E-state index >= 15 is 0 Å². The minimum absolute atomic E-state index is 0. The number of pyridine rings is 1. The maximum absolute atomic E-state index is 12.6. The topological polar surface area (TPSA) is 89.5 Å². The highest BCUT2D eigenvalue weighted by Gasteiger charge is 2.25. The molecule has 0 radical (unpaired) electrons. The molecule has 1 unspecified atom stereocenters. The third-order valence-electron chi connectivity index (χ3n) is 4.88. The molecule has 25 heavy (non-hydrogen) atoms. The van der Waals surface area contributed by atoms with Gasteiger partial charge >= 0.3 is 0 Å². The molecule has 1 saturated carbocycles. The summed E-state index contributed by atoms with van der Waals surface area (Å²) in [5.41, 5.74) is 7.05. The molecule has 1 aliphatic carbocycles. The van der Waals surface area contributed by atoms with Gasteiger partial charge in [-0.15, -0.1) is 12.4 Å². The van der Waals surface area contributed by atoms with Crippen LogP contribution in [0.2, 0.25) is 0 Å². The molecule has 0 aromatic carbocycles. The molecular weight excluding hydrogens is 340 g/mol. The maximum atomic E-state index is 12.6. The van der Waals surface area contributed by atoms with E-state index < -0.39 is 0 Å². The number of rotatable bonds is 4. The molecule has 2 heterocycles. The van der Waals surface area contributed by atoms with Crippen LogP contribution >= 0.6 is 12.4 Å². The Bertz CT molecular complexity index is 799. The number of carbonyl (C=O) groups is 1. The number of amides is 1. The molecule has 1 aliphatic rings. The van der Waals surface area contributed by atoms with Crippen LogP contribution in [0.25, 0.3) is 5.65 Å². The number of aromatic nitrogens is 2. The van der Waals surface area contributed by atoms with E-state index in [1.807, 2.05) is 13.0 Å². The third-order valence-corrected chi connectivity index (χ3v) is 4.88. The first-order valence-corrected chi connectivity index (χ1v) is 8.59. The summed E-state index contributed by atoms with van der Waals surface area (Å²) in [5.74, 6) is 0.00976. The van der Waals surface area contributed by atoms with Gasteiger partial charge in [-0.1, -0.05) is 25.3 Å². The van der Waals surface area contributed by atoms with Gasteiger partial charge in [0, 0.05) is 25.0 Å². The molecule has 0 saturated heterocycles. The van der Waals surface area contributed by atoms with Crippen molar-refractivity contribution in [1.82, 2.24) is 14.7 Å². The number of nitrogens with zero attached hydrogens (tertiary/aromatic N) is 2. The fourth-order valence-electron chi connectivity index (χ4n) is 3.49. The number of nitrogens with two attached hydrogens (primary N) is 1. The number of halogens is 1. The Hall–Kier alpha value is -1.92. The second-order valence-corrected chi connectivity index (χ2v) is 6.63. The predicted octanol–water partition coefficient (Wildman–Crippen LogP) is 2.06. The molecule has 2 aromatic rings. The van der Waals surface area contributed by atoms with E-state index in [1.54, 1.807) is 12.3 Å². The summed E-state index contributed by atoms with van der Waals surface area (Å²) < 4.78 is 1.42. The number of carbonyl (C=O) groups excluding carboxylic acids is 1. The van der Waals surface area contributed by atoms with E-state index in [2.05, 4.69) is 10.3 Å². The third kappa shape index (κ3) is 4.19. The van der Waals surface area contributed by atoms with Gasteiger partial charge in [-0.2, -0.15) is 0 Å². The van der Waals surface area contributed by atoms with Gasteiger partial charge in [0.1, 0.15) is 11.2 Å². The van der Waals surface area contributed by atoms with Crippen LogP contribution in [0.1, 0.15) is 48.0 Å². The highest BCUT2D eigenvalue weighted by Crippen LogP contribution is 2.26. The van der Waals surface area contributed by atoms with Gasteiger partial charge in [-0.05, 0) is 37.3 Å². The number of fused-ring (bicyclic) bond motifs is 1. The van der Waals surface area contributed by atoms with Crippen molar-refractivity contribution in [2.45, 2.75) is 45.1 Å². The molecule has 1 atom stereocenters. The standard InChI is InChI=1S/C18H24N4O2.ClH/c1-12-7-8-16-20-10-14(18(24)22(16)11-12)17(23)21-15(9-19)13-5-3-2-4-6-13;/h7-8,10-11,13,15H,2-6,9,19H2,1H3,(H,21,23);1H. The summed E-state index contributed by atoms with van der Waals surface area (Å²) >= 11 is 0. The summed E-state index contributed by atoms with van der Waals surface area (Å²) in [7, 11) is 0. The SMILES string of the molecule is Cc1ccc2ncc(C(=O)NC(CN)C3CCCCC3)c(=O)n2c1.Cl. The Labute approximate surface area is 153 Å². The molecule has 6 nitrogen and oxygen atoms in total. The minimum atomic E-state index is -0.385. The second-order valence-electron chi connectivity index (χ2n) is 6.63. The largest absolute Gasteiger partial charge is 0.348 e. The van der Waals surface area contributed by atoms with Crippen molar-refractivity contribution in [2.75, 3.05) is 6.54 Å². The fraction of sp³-hybridized carbons (Fsp3) is 0.500. The zero-order valence-electron chi connectivity index (χ0n) is 14.4. The van der Waals surface area contributed by atoms with Crippen LogP contribution in [-0.4, -0.2) is 27.9 Å². The van der Waals surface area contributed by atoms with Crippen molar-refractivity contribution in [3.05, 3.63) is 46.0 Å². The average molecular weight is 365 g/mol. The van der Waals surface area contributed by atoms with Crippen molar-refractivity contribution in [1.29, 1.82) is 0 Å². The Morgan fingerprint density at radius 1 is 1.36 bits per heavy atom. The van der Waals surface area contributed by atoms with E-state index in [1.165, 1.54) is 29.9 Å². The van der Waals surface area contributed by atoms with Gasteiger partial charge in [0.15, 0.2) is 0 Å². The van der Waals surface area contributed by atoms with E-state index in [0.717, 1.165) is 18.4 Å². The lowest BCUT2D eigenvalue weighted by atomic mass is 9.84. The van der Waals surface area contributed by atoms with Crippen LogP contribution in [0.3, 0.4) is 0 Å². The zero-order chi connectivity index (χ0) is 17.1. The first-order chi connectivity index (χ1) is 11.6. The Kier molecular flexibility index (Phi) is 6.56. The van der Waals surface area contributed by atoms with Crippen molar-refractivity contribution in [3.8, 4) is 0 Å². The number of aryl methyl sites for hydroxylation is 1. The second kappa shape index (κ2) is 8.45. The summed E-state index contributed by atoms with van der Waals surface area (Å²) in [5, 5.41) is 2.96. The maximum Gasteiger partial charge on any atom is 0.270 e. The lowest BCUT2D eigenvalue weighted by molar-refractivity contribution is 0.0913. The number of nitrogens with one attached hydrogen (secondary N) is 1. The Morgan fingerprint density at radius 2 is 2.08 bits per heavy atom. The molecule has 2 aromatic heterocycles. The van der Waals surface area contributed by atoms with E-state index in [-0.39, 0.29) is 35.5 Å². The molecular formula is C18H25ClN4O2. The van der Waals surface area contributed by atoms with Gasteiger partial charge in [-0.3, -0.25) is 14.0 Å². The van der Waals surface area contributed by atoms with E-state index in [9.17, 15) is 9.59 Å². The van der Waals surface area contributed by atoms with Crippen LogP contribution in [0.4, 0.5) is 0 Å². The molecule has 0 aliphatic heterocycles. The lowest BCUT2D eigenvalue weighted by Crippen LogP contribution is -2.47. The molecule has 1 amide bonds. The number of hydrogen-bond acceptors (Lipinski definition) is 4. The summed E-state index contributed by atoms with van der Waals surface area (Å²) in [4.78, 5) is 29.4. The van der Waals surface area contributed by atoms with E-state index in [4.69, 9.17) is 5.73 Å². The Balaban J connectivity index is 0.00000225. The first-order valence-electron chi connectivity index (χ1n) is 8.59. The molecule has 1 fully saturated rings. The van der Waals surface area contributed by atoms with Gasteiger partial charge < -0.3 is 11.1 Å². The van der Waals surface area contributed by atoms with Crippen LogP contribution < -0.4 is 16.6 Å². The van der Waals surface area contributed by atoms with Crippen molar-refractivity contribution in [2.24, 2.45) is 11.7 Å². The highest BCUT2D eigenvalue weighted by atomic mass is 35.5. The number of hydrogen-bond donors (Lipinski definition) is 2. The highest BCUT2D eigenvalue weighted by molar-refractivity contribution is 5.94. The van der Waals surface area contributed by atoms with Crippen LogP contribution in [0.5, 0.6) is 0 Å². The van der Waals surface area contributed by atoms with Gasteiger partial charge in [0.2, 0.25) is 0 Å². The van der Waals surface area contributed by atoms with Crippen LogP contribution in [0, 0.1) is 12.8 Å². The van der Waals surface area contributed by atoms with Gasteiger partial charge in [-0.25, -0.2) is 4.98 Å². The normalized spacial score (nSPS) is 16.2. The summed E-state index contributed by atoms with van der Waals surface area (Å²) in [6.45, 7) is 2.28. The van der Waals surface area contributed by atoms with E-state index in [0.29, 0.717) is 18.1 Å². The van der Waals surface area contributed by atoms with Crippen LogP contribution in [-0.2, 0) is 0 Å². The zero-order valence-corrected chi connectivity index (χ0v) is 15.2. The summed E-state index contributed by atoms with van der Waals surface area (Å²) in [6.07, 6.45) is 8.82. The molecule has 136 valence electrons. The molecule has 3 N–H and O–H groups in total. The first kappa shape index (κ1) is 19.4. The van der Waals surface area contributed by atoms with Crippen molar-refractivity contribution < 1.29 is 4.79 Å². The summed E-state index contributed by atoms with van der Waals surface area (Å²) in [6, 6.07) is 3.56. The van der Waals surface area contributed by atoms with Crippen molar-refractivity contribution in [3.63, 3.8) is 0 Å². The monoisotopic (exact) mass is 364 g/mol. The quantitative estimate of drug-likeness (QED) is 0.869. The lowest BCUT2D eigenvalue weighted by Gasteiger charge is -2.30. The smallest absolute Gasteiger partial charge is 0.270 e. The molecule has 7 heteroatoms. The van der Waals surface area contributed by atoms with Gasteiger partial charge in [0.25, 0.3) is 11.5 Å². The predicted molar refractivity (Wildman–Crippen MR) is 100 cm³/mol. The van der Waals surface area contributed by atoms with Gasteiger partial charge in [0.05, 0.1) is 0 Å². The van der Waals surface area contributed by atoms with Crippen LogP contribution in [0.15, 0.2) is 29.3 Å².